The molecule has 0 bridgehead atoms. The van der Waals surface area contributed by atoms with E-state index in [1.54, 1.807) is 5.57 Å². The zero-order chi connectivity index (χ0) is 22.2. The third kappa shape index (κ3) is 3.10. The summed E-state index contributed by atoms with van der Waals surface area (Å²) in [5.74, 6) is 3.52. The minimum Gasteiger partial charge on any atom is -0.392 e. The molecule has 0 aliphatic heterocycles. The van der Waals surface area contributed by atoms with Crippen molar-refractivity contribution in [3.8, 4) is 0 Å². The molecule has 5 aliphatic rings. The fourth-order valence-corrected chi connectivity index (χ4v) is 9.39. The lowest BCUT2D eigenvalue weighted by Crippen LogP contribution is -2.53. The third-order valence-electron chi connectivity index (χ3n) is 11.3. The Morgan fingerprint density at radius 2 is 1.84 bits per heavy atom. The summed E-state index contributed by atoms with van der Waals surface area (Å²) in [6, 6.07) is 0. The number of ketones is 1. The zero-order valence-corrected chi connectivity index (χ0v) is 20.5. The molecule has 4 fully saturated rings. The van der Waals surface area contributed by atoms with E-state index in [1.165, 1.54) is 56.9 Å². The highest BCUT2D eigenvalue weighted by molar-refractivity contribution is 5.82. The van der Waals surface area contributed by atoms with Gasteiger partial charge in [0.25, 0.3) is 0 Å². The predicted molar refractivity (Wildman–Crippen MR) is 126 cm³/mol. The summed E-state index contributed by atoms with van der Waals surface area (Å²) in [7, 11) is 0. The standard InChI is InChI=1S/C29H44O2/c1-18(2)6-10-24(30)19(3)21-8-9-22-20-7-11-25-28(5,23(20)12-14-27(21,22)4)15-13-26(31)29(25)16-17-29/h6,11,19-23,26,31H,7-10,12-17H2,1-5H3/t19-,20-,21+,22-,23-,26+,27+,28+/m0/s1. The molecule has 0 amide bonds. The molecule has 0 aromatic carbocycles. The first-order chi connectivity index (χ1) is 14.6. The summed E-state index contributed by atoms with van der Waals surface area (Å²) < 4.78 is 0. The molecule has 2 heteroatoms. The summed E-state index contributed by atoms with van der Waals surface area (Å²) >= 11 is 0. The minimum absolute atomic E-state index is 0.0965. The Labute approximate surface area is 190 Å². The number of rotatable bonds is 4. The van der Waals surface area contributed by atoms with Gasteiger partial charge in [0.2, 0.25) is 0 Å². The van der Waals surface area contributed by atoms with Crippen molar-refractivity contribution in [2.24, 2.45) is 45.8 Å². The number of aliphatic hydroxyl groups excluding tert-OH is 1. The van der Waals surface area contributed by atoms with Gasteiger partial charge in [-0.15, -0.1) is 0 Å². The van der Waals surface area contributed by atoms with Crippen molar-refractivity contribution in [1.82, 2.24) is 0 Å². The van der Waals surface area contributed by atoms with Gasteiger partial charge in [0.15, 0.2) is 0 Å². The highest BCUT2D eigenvalue weighted by Crippen LogP contribution is 2.72. The van der Waals surface area contributed by atoms with Crippen LogP contribution in [0.5, 0.6) is 0 Å². The molecule has 2 nitrogen and oxygen atoms in total. The third-order valence-corrected chi connectivity index (χ3v) is 11.3. The molecule has 0 aromatic rings. The fraction of sp³-hybridized carbons (Fsp3) is 0.828. The topological polar surface area (TPSA) is 37.3 Å². The Hall–Kier alpha value is -0.890. The van der Waals surface area contributed by atoms with Crippen molar-refractivity contribution >= 4 is 5.78 Å². The van der Waals surface area contributed by atoms with Crippen LogP contribution in [0.2, 0.25) is 0 Å². The van der Waals surface area contributed by atoms with Crippen molar-refractivity contribution in [3.63, 3.8) is 0 Å². The molecule has 4 saturated carbocycles. The second kappa shape index (κ2) is 7.31. The Bertz CT molecular complexity index is 813. The average Bonchev–Trinajstić information content (AvgIpc) is 3.44. The monoisotopic (exact) mass is 424 g/mol. The van der Waals surface area contributed by atoms with Gasteiger partial charge in [-0.25, -0.2) is 0 Å². The summed E-state index contributed by atoms with van der Waals surface area (Å²) in [6.45, 7) is 11.5. The van der Waals surface area contributed by atoms with E-state index in [2.05, 4.69) is 46.8 Å². The first kappa shape index (κ1) is 21.9. The maximum Gasteiger partial charge on any atom is 0.139 e. The van der Waals surface area contributed by atoms with E-state index >= 15 is 0 Å². The fourth-order valence-electron chi connectivity index (χ4n) is 9.39. The van der Waals surface area contributed by atoms with Crippen molar-refractivity contribution in [1.29, 1.82) is 0 Å². The van der Waals surface area contributed by atoms with Gasteiger partial charge in [-0.05, 0) is 106 Å². The number of allylic oxidation sites excluding steroid dienone is 3. The van der Waals surface area contributed by atoms with E-state index in [4.69, 9.17) is 0 Å². The van der Waals surface area contributed by atoms with Gasteiger partial charge >= 0.3 is 0 Å². The molecule has 31 heavy (non-hydrogen) atoms. The summed E-state index contributed by atoms with van der Waals surface area (Å²) in [5.41, 5.74) is 3.70. The van der Waals surface area contributed by atoms with Crippen LogP contribution in [0.25, 0.3) is 0 Å². The van der Waals surface area contributed by atoms with E-state index in [-0.39, 0.29) is 17.4 Å². The van der Waals surface area contributed by atoms with Gasteiger partial charge in [-0.2, -0.15) is 0 Å². The normalized spacial score (nSPS) is 45.7. The van der Waals surface area contributed by atoms with Crippen LogP contribution < -0.4 is 0 Å². The molecule has 0 aromatic heterocycles. The molecule has 0 radical (unpaired) electrons. The lowest BCUT2D eigenvalue weighted by atomic mass is 9.45. The maximum atomic E-state index is 13.0. The number of hydrogen-bond acceptors (Lipinski definition) is 2. The number of fused-ring (bicyclic) bond motifs is 6. The van der Waals surface area contributed by atoms with Crippen LogP contribution in [-0.2, 0) is 4.79 Å². The molecule has 0 unspecified atom stereocenters. The second-order valence-electron chi connectivity index (χ2n) is 12.8. The number of hydrogen-bond donors (Lipinski definition) is 1. The van der Waals surface area contributed by atoms with Crippen LogP contribution >= 0.6 is 0 Å². The van der Waals surface area contributed by atoms with E-state index in [0.29, 0.717) is 29.0 Å². The van der Waals surface area contributed by atoms with Gasteiger partial charge in [-0.1, -0.05) is 44.1 Å². The predicted octanol–water partition coefficient (Wildman–Crippen LogP) is 6.88. The smallest absolute Gasteiger partial charge is 0.139 e. The molecular weight excluding hydrogens is 380 g/mol. The molecular formula is C29H44O2. The Morgan fingerprint density at radius 3 is 2.52 bits per heavy atom. The molecule has 1 N–H and O–H groups in total. The van der Waals surface area contributed by atoms with Crippen LogP contribution in [0, 0.1) is 45.8 Å². The average molecular weight is 425 g/mol. The van der Waals surface area contributed by atoms with Crippen LogP contribution in [0.1, 0.15) is 98.8 Å². The summed E-state index contributed by atoms with van der Waals surface area (Å²) in [4.78, 5) is 13.0. The first-order valence-corrected chi connectivity index (χ1v) is 13.2. The summed E-state index contributed by atoms with van der Waals surface area (Å²) in [6.07, 6.45) is 16.2. The second-order valence-corrected chi connectivity index (χ2v) is 12.8. The molecule has 8 atom stereocenters. The van der Waals surface area contributed by atoms with Gasteiger partial charge in [0.1, 0.15) is 5.78 Å². The Kier molecular flexibility index (Phi) is 5.17. The lowest BCUT2D eigenvalue weighted by molar-refractivity contribution is -0.126. The Balaban J connectivity index is 1.39. The molecule has 5 aliphatic carbocycles. The van der Waals surface area contributed by atoms with E-state index in [1.807, 2.05) is 0 Å². The maximum absolute atomic E-state index is 13.0. The van der Waals surface area contributed by atoms with E-state index < -0.39 is 0 Å². The molecule has 5 rings (SSSR count). The zero-order valence-electron chi connectivity index (χ0n) is 20.5. The van der Waals surface area contributed by atoms with Crippen molar-refractivity contribution < 1.29 is 9.90 Å². The lowest BCUT2D eigenvalue weighted by Gasteiger charge is -2.60. The minimum atomic E-state index is -0.0965. The molecule has 1 spiro atoms. The van der Waals surface area contributed by atoms with Crippen LogP contribution in [-0.4, -0.2) is 17.0 Å². The van der Waals surface area contributed by atoms with Crippen molar-refractivity contribution in [3.05, 3.63) is 23.3 Å². The van der Waals surface area contributed by atoms with Crippen LogP contribution in [0.15, 0.2) is 23.3 Å². The number of Topliss-reactive ketones (excluding diaryl/α,β-unsaturated/α-hetero) is 1. The molecule has 172 valence electrons. The van der Waals surface area contributed by atoms with Crippen LogP contribution in [0.4, 0.5) is 0 Å². The Morgan fingerprint density at radius 1 is 1.10 bits per heavy atom. The number of carbonyl (C=O) groups excluding carboxylic acids is 1. The quantitative estimate of drug-likeness (QED) is 0.500. The van der Waals surface area contributed by atoms with Gasteiger partial charge in [-0.3, -0.25) is 4.79 Å². The number of aliphatic hydroxyl groups is 1. The van der Waals surface area contributed by atoms with Crippen LogP contribution in [0.3, 0.4) is 0 Å². The SMILES string of the molecule is CC(C)=CCC(=O)[C@@H](C)[C@H]1CC[C@H]2[C@@H]3CC=C4C5(CC5)[C@H](O)CC[C@]4(C)[C@H]3CC[C@]12C. The molecule has 0 heterocycles. The number of carbonyl (C=O) groups is 1. The van der Waals surface area contributed by atoms with Gasteiger partial charge in [0.05, 0.1) is 6.10 Å². The van der Waals surface area contributed by atoms with Gasteiger partial charge in [0, 0.05) is 17.8 Å². The molecule has 0 saturated heterocycles. The first-order valence-electron chi connectivity index (χ1n) is 13.2. The van der Waals surface area contributed by atoms with Crippen molar-refractivity contribution in [2.45, 2.75) is 105 Å². The highest BCUT2D eigenvalue weighted by Gasteiger charge is 2.65. The van der Waals surface area contributed by atoms with E-state index in [9.17, 15) is 9.90 Å². The van der Waals surface area contributed by atoms with Crippen molar-refractivity contribution in [2.75, 3.05) is 0 Å². The largest absolute Gasteiger partial charge is 0.392 e. The van der Waals surface area contributed by atoms with E-state index in [0.717, 1.165) is 24.2 Å². The van der Waals surface area contributed by atoms with Gasteiger partial charge < -0.3 is 5.11 Å². The summed E-state index contributed by atoms with van der Waals surface area (Å²) in [5, 5.41) is 10.8. The highest BCUT2D eigenvalue weighted by atomic mass is 16.3.